The average molecular weight is 242 g/mol. The van der Waals surface area contributed by atoms with Gasteiger partial charge in [-0.15, -0.1) is 0 Å². The molecule has 1 saturated heterocycles. The van der Waals surface area contributed by atoms with Crippen LogP contribution in [0, 0.1) is 0 Å². The van der Waals surface area contributed by atoms with Crippen LogP contribution in [0.2, 0.25) is 0 Å². The number of carbonyl (C=O) groups excluding carboxylic acids is 3. The fourth-order valence-electron chi connectivity index (χ4n) is 1.61. The van der Waals surface area contributed by atoms with E-state index in [-0.39, 0.29) is 31.4 Å². The molecule has 0 spiro atoms. The average Bonchev–Trinajstić information content (AvgIpc) is 2.78. The third-order valence-corrected chi connectivity index (χ3v) is 2.48. The number of hydrogen-bond donors (Lipinski definition) is 3. The molecule has 96 valence electrons. The van der Waals surface area contributed by atoms with Gasteiger partial charge in [0.05, 0.1) is 19.6 Å². The Kier molecular flexibility index (Phi) is 5.41. The predicted octanol–water partition coefficient (Wildman–Crippen LogP) is -2.20. The maximum absolute atomic E-state index is 11.5. The molecule has 3 amide bonds. The molecule has 0 aromatic carbocycles. The molecule has 0 radical (unpaired) electrons. The summed E-state index contributed by atoms with van der Waals surface area (Å²) in [6, 6.07) is 0. The third-order valence-electron chi connectivity index (χ3n) is 2.48. The van der Waals surface area contributed by atoms with Crippen molar-refractivity contribution in [2.24, 2.45) is 5.73 Å². The Morgan fingerprint density at radius 2 is 1.71 bits per heavy atom. The predicted molar refractivity (Wildman–Crippen MR) is 60.9 cm³/mol. The lowest BCUT2D eigenvalue weighted by atomic mass is 10.4. The molecule has 0 unspecified atom stereocenters. The maximum atomic E-state index is 11.5. The van der Waals surface area contributed by atoms with Crippen LogP contribution in [0.4, 0.5) is 0 Å². The van der Waals surface area contributed by atoms with E-state index in [9.17, 15) is 14.4 Å². The van der Waals surface area contributed by atoms with Gasteiger partial charge in [-0.3, -0.25) is 19.7 Å². The Morgan fingerprint density at radius 3 is 2.29 bits per heavy atom. The van der Waals surface area contributed by atoms with Gasteiger partial charge in [-0.2, -0.15) is 0 Å². The van der Waals surface area contributed by atoms with Crippen LogP contribution in [0.25, 0.3) is 0 Å². The SMILES string of the molecule is NC(=O)CNCC(=O)NCC(=O)N1CCCC1. The molecule has 0 aromatic rings. The van der Waals surface area contributed by atoms with Crippen LogP contribution in [-0.4, -0.2) is 55.3 Å². The van der Waals surface area contributed by atoms with Crippen LogP contribution in [0.3, 0.4) is 0 Å². The highest BCUT2D eigenvalue weighted by Crippen LogP contribution is 2.06. The monoisotopic (exact) mass is 242 g/mol. The molecule has 1 aliphatic rings. The Hall–Kier alpha value is -1.63. The molecule has 0 saturated carbocycles. The van der Waals surface area contributed by atoms with Gasteiger partial charge < -0.3 is 16.0 Å². The van der Waals surface area contributed by atoms with Gasteiger partial charge in [-0.25, -0.2) is 0 Å². The Morgan fingerprint density at radius 1 is 1.06 bits per heavy atom. The van der Waals surface area contributed by atoms with Crippen LogP contribution >= 0.6 is 0 Å². The zero-order valence-corrected chi connectivity index (χ0v) is 9.70. The zero-order valence-electron chi connectivity index (χ0n) is 9.70. The summed E-state index contributed by atoms with van der Waals surface area (Å²) < 4.78 is 0. The van der Waals surface area contributed by atoms with Crippen molar-refractivity contribution >= 4 is 17.7 Å². The highest BCUT2D eigenvalue weighted by molar-refractivity contribution is 5.86. The maximum Gasteiger partial charge on any atom is 0.241 e. The van der Waals surface area contributed by atoms with E-state index in [1.165, 1.54) is 0 Å². The minimum absolute atomic E-state index is 0.0110. The quantitative estimate of drug-likeness (QED) is 0.491. The summed E-state index contributed by atoms with van der Waals surface area (Å²) in [5.74, 6) is -0.907. The van der Waals surface area contributed by atoms with E-state index in [1.807, 2.05) is 0 Å². The van der Waals surface area contributed by atoms with Gasteiger partial charge in [0.15, 0.2) is 0 Å². The van der Waals surface area contributed by atoms with Crippen LogP contribution < -0.4 is 16.4 Å². The second kappa shape index (κ2) is 6.85. The molecule has 0 bridgehead atoms. The summed E-state index contributed by atoms with van der Waals surface area (Å²) in [6.45, 7) is 1.49. The second-order valence-electron chi connectivity index (χ2n) is 3.93. The first-order chi connectivity index (χ1) is 8.09. The van der Waals surface area contributed by atoms with Gasteiger partial charge >= 0.3 is 0 Å². The van der Waals surface area contributed by atoms with Gasteiger partial charge in [0.2, 0.25) is 17.7 Å². The number of primary amides is 1. The molecular weight excluding hydrogens is 224 g/mol. The van der Waals surface area contributed by atoms with Crippen molar-refractivity contribution in [2.45, 2.75) is 12.8 Å². The number of amides is 3. The van der Waals surface area contributed by atoms with Crippen molar-refractivity contribution in [3.8, 4) is 0 Å². The van der Waals surface area contributed by atoms with Gasteiger partial charge in [-0.1, -0.05) is 0 Å². The third kappa shape index (κ3) is 5.30. The summed E-state index contributed by atoms with van der Waals surface area (Å²) >= 11 is 0. The first-order valence-electron chi connectivity index (χ1n) is 5.63. The minimum atomic E-state index is -0.522. The normalized spacial score (nSPS) is 14.7. The molecule has 7 heteroatoms. The van der Waals surface area contributed by atoms with E-state index in [0.717, 1.165) is 25.9 Å². The molecule has 7 nitrogen and oxygen atoms in total. The number of carbonyl (C=O) groups is 3. The lowest BCUT2D eigenvalue weighted by Crippen LogP contribution is -2.43. The summed E-state index contributed by atoms with van der Waals surface area (Å²) in [5, 5.41) is 5.05. The second-order valence-corrected chi connectivity index (χ2v) is 3.93. The molecule has 0 atom stereocenters. The molecule has 1 heterocycles. The lowest BCUT2D eigenvalue weighted by molar-refractivity contribution is -0.131. The molecule has 1 aliphatic heterocycles. The number of hydrogen-bond acceptors (Lipinski definition) is 4. The molecular formula is C10H18N4O3. The molecule has 4 N–H and O–H groups in total. The molecule has 0 aliphatic carbocycles. The summed E-state index contributed by atoms with van der Waals surface area (Å²) in [5.41, 5.74) is 4.89. The number of likely N-dealkylation sites (tertiary alicyclic amines) is 1. The van der Waals surface area contributed by atoms with Gasteiger partial charge in [0.25, 0.3) is 0 Å². The molecule has 1 fully saturated rings. The number of rotatable bonds is 6. The van der Waals surface area contributed by atoms with Crippen molar-refractivity contribution in [3.63, 3.8) is 0 Å². The number of nitrogens with zero attached hydrogens (tertiary/aromatic N) is 1. The van der Waals surface area contributed by atoms with Crippen molar-refractivity contribution < 1.29 is 14.4 Å². The highest BCUT2D eigenvalue weighted by Gasteiger charge is 2.17. The number of nitrogens with two attached hydrogens (primary N) is 1. The van der Waals surface area contributed by atoms with Crippen molar-refractivity contribution in [1.82, 2.24) is 15.5 Å². The van der Waals surface area contributed by atoms with Gasteiger partial charge in [0.1, 0.15) is 0 Å². The van der Waals surface area contributed by atoms with Crippen LogP contribution in [0.5, 0.6) is 0 Å². The fourth-order valence-corrected chi connectivity index (χ4v) is 1.61. The Balaban J connectivity index is 2.10. The first kappa shape index (κ1) is 13.4. The van der Waals surface area contributed by atoms with E-state index in [1.54, 1.807) is 4.90 Å². The van der Waals surface area contributed by atoms with E-state index in [4.69, 9.17) is 5.73 Å². The van der Waals surface area contributed by atoms with Crippen LogP contribution in [-0.2, 0) is 14.4 Å². The molecule has 17 heavy (non-hydrogen) atoms. The van der Waals surface area contributed by atoms with E-state index in [2.05, 4.69) is 10.6 Å². The van der Waals surface area contributed by atoms with Gasteiger partial charge in [-0.05, 0) is 12.8 Å². The Labute approximate surface area is 99.7 Å². The molecule has 1 rings (SSSR count). The van der Waals surface area contributed by atoms with E-state index in [0.29, 0.717) is 0 Å². The Bertz CT molecular complexity index is 300. The van der Waals surface area contributed by atoms with E-state index < -0.39 is 5.91 Å². The van der Waals surface area contributed by atoms with Crippen molar-refractivity contribution in [3.05, 3.63) is 0 Å². The summed E-state index contributed by atoms with van der Waals surface area (Å²) in [4.78, 5) is 34.9. The minimum Gasteiger partial charge on any atom is -0.369 e. The summed E-state index contributed by atoms with van der Waals surface area (Å²) in [6.07, 6.45) is 2.06. The largest absolute Gasteiger partial charge is 0.369 e. The topological polar surface area (TPSA) is 105 Å². The van der Waals surface area contributed by atoms with Crippen molar-refractivity contribution in [1.29, 1.82) is 0 Å². The van der Waals surface area contributed by atoms with Crippen LogP contribution in [0.1, 0.15) is 12.8 Å². The van der Waals surface area contributed by atoms with E-state index >= 15 is 0 Å². The van der Waals surface area contributed by atoms with Crippen LogP contribution in [0.15, 0.2) is 0 Å². The van der Waals surface area contributed by atoms with Gasteiger partial charge in [0, 0.05) is 13.1 Å². The van der Waals surface area contributed by atoms with Crippen molar-refractivity contribution in [2.75, 3.05) is 32.7 Å². The fraction of sp³-hybridized carbons (Fsp3) is 0.700. The standard InChI is InChI=1S/C10H18N4O3/c11-8(15)5-12-6-9(16)13-7-10(17)14-3-1-2-4-14/h12H,1-7H2,(H2,11,15)(H,13,16). The molecule has 0 aromatic heterocycles. The zero-order chi connectivity index (χ0) is 12.7. The number of nitrogens with one attached hydrogen (secondary N) is 2. The summed E-state index contributed by atoms with van der Waals surface area (Å²) in [7, 11) is 0. The highest BCUT2D eigenvalue weighted by atomic mass is 16.2. The first-order valence-corrected chi connectivity index (χ1v) is 5.63. The smallest absolute Gasteiger partial charge is 0.241 e. The lowest BCUT2D eigenvalue weighted by Gasteiger charge is -2.15.